The third-order valence-electron chi connectivity index (χ3n) is 1.56. The number of ketones is 1. The lowest BCUT2D eigenvalue weighted by molar-refractivity contribution is -0.129. The Hall–Kier alpha value is -0.570. The van der Waals surface area contributed by atoms with Gasteiger partial charge in [-0.25, -0.2) is 0 Å². The second-order valence-electron chi connectivity index (χ2n) is 2.82. The molecule has 4 heteroatoms. The summed E-state index contributed by atoms with van der Waals surface area (Å²) < 4.78 is 0. The van der Waals surface area contributed by atoms with Gasteiger partial charge in [0.2, 0.25) is 5.91 Å². The van der Waals surface area contributed by atoms with Crippen LogP contribution in [0.1, 0.15) is 34.1 Å². The minimum Gasteiger partial charge on any atom is -0.343 e. The van der Waals surface area contributed by atoms with Gasteiger partial charge in [-0.3, -0.25) is 9.59 Å². The zero-order valence-corrected chi connectivity index (χ0v) is 10.2. The zero-order valence-electron chi connectivity index (χ0n) is 9.47. The first kappa shape index (κ1) is 15.9. The fourth-order valence-electron chi connectivity index (χ4n) is 0.831. The number of carbonyl (C=O) groups is 2. The van der Waals surface area contributed by atoms with Gasteiger partial charge >= 0.3 is 0 Å². The van der Waals surface area contributed by atoms with E-state index in [0.29, 0.717) is 19.5 Å². The first-order valence-corrected chi connectivity index (χ1v) is 5.33. The molecule has 1 amide bonds. The van der Waals surface area contributed by atoms with E-state index < -0.39 is 0 Å². The predicted octanol–water partition coefficient (Wildman–Crippen LogP) is 2.08. The highest BCUT2D eigenvalue weighted by atomic mass is 35.5. The van der Waals surface area contributed by atoms with Gasteiger partial charge in [0.05, 0.1) is 0 Å². The van der Waals surface area contributed by atoms with Crippen LogP contribution in [0.15, 0.2) is 0 Å². The average Bonchev–Trinajstić information content (AvgIpc) is 2.05. The van der Waals surface area contributed by atoms with Crippen LogP contribution < -0.4 is 0 Å². The van der Waals surface area contributed by atoms with Crippen molar-refractivity contribution < 1.29 is 9.59 Å². The number of alkyl halides is 1. The number of hydrogen-bond donors (Lipinski definition) is 0. The SMILES string of the molecule is CCCl.CCN(CCC(C)=O)C(C)=O. The topological polar surface area (TPSA) is 37.4 Å². The Labute approximate surface area is 91.4 Å². The van der Waals surface area contributed by atoms with Gasteiger partial charge in [0.15, 0.2) is 0 Å². The Morgan fingerprint density at radius 1 is 1.21 bits per heavy atom. The summed E-state index contributed by atoms with van der Waals surface area (Å²) in [5, 5.41) is 0. The van der Waals surface area contributed by atoms with Gasteiger partial charge in [-0.15, -0.1) is 11.6 Å². The average molecular weight is 222 g/mol. The summed E-state index contributed by atoms with van der Waals surface area (Å²) in [6, 6.07) is 0. The van der Waals surface area contributed by atoms with Gasteiger partial charge in [-0.05, 0) is 13.8 Å². The van der Waals surface area contributed by atoms with E-state index >= 15 is 0 Å². The lowest BCUT2D eigenvalue weighted by Crippen LogP contribution is -2.30. The molecule has 0 aromatic rings. The van der Waals surface area contributed by atoms with Crippen LogP contribution in [0.3, 0.4) is 0 Å². The maximum absolute atomic E-state index is 10.8. The first-order chi connectivity index (χ1) is 6.49. The van der Waals surface area contributed by atoms with Crippen molar-refractivity contribution in [3.63, 3.8) is 0 Å². The Bertz CT molecular complexity index is 172. The standard InChI is InChI=1S/C8H15NO2.C2H5Cl/c1-4-9(8(3)11)6-5-7(2)10;1-2-3/h4-6H2,1-3H3;2H2,1H3. The smallest absolute Gasteiger partial charge is 0.219 e. The van der Waals surface area contributed by atoms with Crippen molar-refractivity contribution in [1.29, 1.82) is 0 Å². The highest BCUT2D eigenvalue weighted by Crippen LogP contribution is 1.92. The normalized spacial score (nSPS) is 8.64. The second-order valence-corrected chi connectivity index (χ2v) is 3.35. The number of halogens is 1. The molecule has 0 rings (SSSR count). The van der Waals surface area contributed by atoms with Crippen LogP contribution in [0.25, 0.3) is 0 Å². The van der Waals surface area contributed by atoms with Crippen molar-refractivity contribution in [3.05, 3.63) is 0 Å². The number of Topliss-reactive ketones (excluding diaryl/α,β-unsaturated/α-hetero) is 1. The molecular formula is C10H20ClNO2. The zero-order chi connectivity index (χ0) is 11.6. The molecule has 0 aromatic carbocycles. The minimum absolute atomic E-state index is 0.0359. The number of amides is 1. The molecule has 0 aromatic heterocycles. The number of rotatable bonds is 4. The Morgan fingerprint density at radius 2 is 1.64 bits per heavy atom. The van der Waals surface area contributed by atoms with E-state index in [9.17, 15) is 9.59 Å². The van der Waals surface area contributed by atoms with Crippen LogP contribution in [-0.4, -0.2) is 35.6 Å². The molecule has 0 bridgehead atoms. The largest absolute Gasteiger partial charge is 0.343 e. The number of nitrogens with zero attached hydrogens (tertiary/aromatic N) is 1. The molecule has 0 radical (unpaired) electrons. The van der Waals surface area contributed by atoms with Crippen molar-refractivity contribution in [2.45, 2.75) is 34.1 Å². The number of hydrogen-bond acceptors (Lipinski definition) is 2. The molecule has 0 saturated carbocycles. The van der Waals surface area contributed by atoms with Crippen LogP contribution in [0.5, 0.6) is 0 Å². The van der Waals surface area contributed by atoms with E-state index in [0.717, 1.165) is 5.88 Å². The summed E-state index contributed by atoms with van der Waals surface area (Å²) in [6.45, 7) is 8.09. The summed E-state index contributed by atoms with van der Waals surface area (Å²) >= 11 is 5.00. The monoisotopic (exact) mass is 221 g/mol. The van der Waals surface area contributed by atoms with Gasteiger partial charge < -0.3 is 4.90 Å². The van der Waals surface area contributed by atoms with Crippen LogP contribution in [0.2, 0.25) is 0 Å². The number of carbonyl (C=O) groups excluding carboxylic acids is 2. The predicted molar refractivity (Wildman–Crippen MR) is 59.6 cm³/mol. The molecule has 0 saturated heterocycles. The molecule has 14 heavy (non-hydrogen) atoms. The van der Waals surface area contributed by atoms with E-state index in [2.05, 4.69) is 0 Å². The fourth-order valence-corrected chi connectivity index (χ4v) is 0.831. The molecular weight excluding hydrogens is 202 g/mol. The summed E-state index contributed by atoms with van der Waals surface area (Å²) in [5.41, 5.74) is 0. The molecule has 0 heterocycles. The van der Waals surface area contributed by atoms with E-state index in [1.54, 1.807) is 4.90 Å². The van der Waals surface area contributed by atoms with Crippen LogP contribution in [0.4, 0.5) is 0 Å². The van der Waals surface area contributed by atoms with E-state index in [-0.39, 0.29) is 11.7 Å². The van der Waals surface area contributed by atoms with E-state index in [4.69, 9.17) is 11.6 Å². The molecule has 3 nitrogen and oxygen atoms in total. The first-order valence-electron chi connectivity index (χ1n) is 4.80. The van der Waals surface area contributed by atoms with Gasteiger partial charge in [-0.1, -0.05) is 6.92 Å². The molecule has 0 spiro atoms. The van der Waals surface area contributed by atoms with Crippen molar-refractivity contribution in [2.75, 3.05) is 19.0 Å². The Kier molecular flexibility index (Phi) is 11.9. The summed E-state index contributed by atoms with van der Waals surface area (Å²) in [5.74, 6) is 0.887. The Balaban J connectivity index is 0. The molecule has 0 aliphatic rings. The van der Waals surface area contributed by atoms with Gasteiger partial charge in [0, 0.05) is 32.3 Å². The maximum Gasteiger partial charge on any atom is 0.219 e. The highest BCUT2D eigenvalue weighted by molar-refractivity contribution is 6.17. The summed E-state index contributed by atoms with van der Waals surface area (Å²) in [6.07, 6.45) is 0.466. The molecule has 0 aliphatic carbocycles. The summed E-state index contributed by atoms with van der Waals surface area (Å²) in [7, 11) is 0. The molecule has 0 aliphatic heterocycles. The highest BCUT2D eigenvalue weighted by Gasteiger charge is 2.05. The van der Waals surface area contributed by atoms with Gasteiger partial charge in [-0.2, -0.15) is 0 Å². The summed E-state index contributed by atoms with van der Waals surface area (Å²) in [4.78, 5) is 23.0. The third-order valence-corrected chi connectivity index (χ3v) is 1.56. The van der Waals surface area contributed by atoms with E-state index in [1.165, 1.54) is 13.8 Å². The van der Waals surface area contributed by atoms with Crippen LogP contribution >= 0.6 is 11.6 Å². The van der Waals surface area contributed by atoms with Crippen molar-refractivity contribution in [2.24, 2.45) is 0 Å². The van der Waals surface area contributed by atoms with Crippen LogP contribution in [-0.2, 0) is 9.59 Å². The van der Waals surface area contributed by atoms with Gasteiger partial charge in [0.25, 0.3) is 0 Å². The molecule has 0 unspecified atom stereocenters. The third kappa shape index (κ3) is 11.4. The minimum atomic E-state index is 0.0359. The fraction of sp³-hybridized carbons (Fsp3) is 0.800. The molecule has 0 atom stereocenters. The van der Waals surface area contributed by atoms with Crippen molar-refractivity contribution in [1.82, 2.24) is 4.90 Å². The van der Waals surface area contributed by atoms with Crippen molar-refractivity contribution in [3.8, 4) is 0 Å². The van der Waals surface area contributed by atoms with Crippen LogP contribution in [0, 0.1) is 0 Å². The van der Waals surface area contributed by atoms with Gasteiger partial charge in [0.1, 0.15) is 5.78 Å². The Morgan fingerprint density at radius 3 is 1.86 bits per heavy atom. The molecule has 0 fully saturated rings. The molecule has 0 N–H and O–H groups in total. The lowest BCUT2D eigenvalue weighted by Gasteiger charge is -2.17. The van der Waals surface area contributed by atoms with Crippen molar-refractivity contribution >= 4 is 23.3 Å². The maximum atomic E-state index is 10.8. The molecule has 84 valence electrons. The van der Waals surface area contributed by atoms with E-state index in [1.807, 2.05) is 13.8 Å². The second kappa shape index (κ2) is 10.5. The lowest BCUT2D eigenvalue weighted by atomic mass is 10.3. The quantitative estimate of drug-likeness (QED) is 0.682.